The van der Waals surface area contributed by atoms with Crippen LogP contribution in [0, 0.1) is 0 Å². The average molecular weight is 324 g/mol. The number of benzene rings is 2. The lowest BCUT2D eigenvalue weighted by atomic mass is 9.65. The molecule has 3 heteroatoms. The first-order chi connectivity index (χ1) is 11.7. The summed E-state index contributed by atoms with van der Waals surface area (Å²) in [6.45, 7) is 2.65. The lowest BCUT2D eigenvalue weighted by molar-refractivity contribution is 0.0697. The lowest BCUT2D eigenvalue weighted by Gasteiger charge is -2.38. The Kier molecular flexibility index (Phi) is 4.89. The molecule has 3 rings (SSSR count). The smallest absolute Gasteiger partial charge is 0.335 e. The maximum atomic E-state index is 11.1. The molecule has 1 aliphatic rings. The molecular formula is C21H24O3. The summed E-state index contributed by atoms with van der Waals surface area (Å²) in [4.78, 5) is 11.1. The molecule has 0 saturated heterocycles. The van der Waals surface area contributed by atoms with Crippen LogP contribution in [0.5, 0.6) is 5.75 Å². The Morgan fingerprint density at radius 1 is 0.958 bits per heavy atom. The molecule has 1 fully saturated rings. The Balaban J connectivity index is 1.99. The van der Waals surface area contributed by atoms with Gasteiger partial charge in [-0.3, -0.25) is 0 Å². The predicted molar refractivity (Wildman–Crippen MR) is 94.9 cm³/mol. The molecule has 0 aromatic heterocycles. The molecule has 1 aliphatic carbocycles. The van der Waals surface area contributed by atoms with Crippen LogP contribution in [-0.2, 0) is 5.41 Å². The van der Waals surface area contributed by atoms with Gasteiger partial charge in [-0.05, 0) is 55.2 Å². The summed E-state index contributed by atoms with van der Waals surface area (Å²) in [7, 11) is 0. The molecule has 0 spiro atoms. The van der Waals surface area contributed by atoms with Crippen LogP contribution in [0.3, 0.4) is 0 Å². The molecule has 1 N–H and O–H groups in total. The van der Waals surface area contributed by atoms with E-state index in [9.17, 15) is 4.79 Å². The van der Waals surface area contributed by atoms with Gasteiger partial charge in [-0.1, -0.05) is 43.5 Å². The first-order valence-electron chi connectivity index (χ1n) is 8.73. The zero-order valence-corrected chi connectivity index (χ0v) is 14.1. The summed E-state index contributed by atoms with van der Waals surface area (Å²) >= 11 is 0. The third kappa shape index (κ3) is 3.16. The molecule has 0 atom stereocenters. The standard InChI is InChI=1S/C21H24O3/c1-2-24-19-12-10-18(11-13-19)21(14-4-3-5-15-21)17-8-6-16(7-9-17)20(22)23/h6-13H,2-5,14-15H2,1H3,(H,22,23). The Morgan fingerprint density at radius 3 is 2.00 bits per heavy atom. The van der Waals surface area contributed by atoms with Crippen molar-refractivity contribution in [3.63, 3.8) is 0 Å². The number of ether oxygens (including phenoxy) is 1. The van der Waals surface area contributed by atoms with Gasteiger partial charge < -0.3 is 9.84 Å². The second-order valence-corrected chi connectivity index (χ2v) is 6.48. The molecule has 0 bridgehead atoms. The number of rotatable bonds is 5. The summed E-state index contributed by atoms with van der Waals surface area (Å²) < 4.78 is 5.56. The van der Waals surface area contributed by atoms with Crippen molar-refractivity contribution in [3.8, 4) is 5.75 Å². The third-order valence-electron chi connectivity index (χ3n) is 5.11. The number of carboxylic acid groups (broad SMARTS) is 1. The molecule has 0 amide bonds. The van der Waals surface area contributed by atoms with E-state index in [4.69, 9.17) is 9.84 Å². The van der Waals surface area contributed by atoms with Gasteiger partial charge in [-0.15, -0.1) is 0 Å². The topological polar surface area (TPSA) is 46.5 Å². The molecule has 1 saturated carbocycles. The molecular weight excluding hydrogens is 300 g/mol. The van der Waals surface area contributed by atoms with E-state index in [1.54, 1.807) is 12.1 Å². The molecule has 2 aromatic carbocycles. The predicted octanol–water partition coefficient (Wildman–Crippen LogP) is 5.03. The number of carbonyl (C=O) groups is 1. The maximum absolute atomic E-state index is 11.1. The highest BCUT2D eigenvalue weighted by molar-refractivity contribution is 5.87. The Bertz CT molecular complexity index is 680. The zero-order valence-electron chi connectivity index (χ0n) is 14.1. The Labute approximate surface area is 143 Å². The Hall–Kier alpha value is -2.29. The van der Waals surface area contributed by atoms with Crippen molar-refractivity contribution in [2.45, 2.75) is 44.4 Å². The van der Waals surface area contributed by atoms with Crippen molar-refractivity contribution in [2.24, 2.45) is 0 Å². The van der Waals surface area contributed by atoms with Crippen molar-refractivity contribution >= 4 is 5.97 Å². The highest BCUT2D eigenvalue weighted by Crippen LogP contribution is 2.45. The van der Waals surface area contributed by atoms with Crippen molar-refractivity contribution in [1.29, 1.82) is 0 Å². The molecule has 0 radical (unpaired) electrons. The van der Waals surface area contributed by atoms with E-state index < -0.39 is 5.97 Å². The summed E-state index contributed by atoms with van der Waals surface area (Å²) in [5.41, 5.74) is 2.85. The fourth-order valence-corrected chi connectivity index (χ4v) is 3.87. The van der Waals surface area contributed by atoms with Gasteiger partial charge in [0.1, 0.15) is 5.75 Å². The summed E-state index contributed by atoms with van der Waals surface area (Å²) in [5.74, 6) is 0.0220. The fraction of sp³-hybridized carbons (Fsp3) is 0.381. The van der Waals surface area contributed by atoms with Gasteiger partial charge in [0.25, 0.3) is 0 Å². The summed E-state index contributed by atoms with van der Waals surface area (Å²) in [6, 6.07) is 15.9. The van der Waals surface area contributed by atoms with Crippen LogP contribution in [0.1, 0.15) is 60.5 Å². The maximum Gasteiger partial charge on any atom is 0.335 e. The molecule has 0 unspecified atom stereocenters. The lowest BCUT2D eigenvalue weighted by Crippen LogP contribution is -2.30. The van der Waals surface area contributed by atoms with E-state index in [2.05, 4.69) is 12.1 Å². The van der Waals surface area contributed by atoms with Crippen molar-refractivity contribution in [3.05, 3.63) is 65.2 Å². The van der Waals surface area contributed by atoms with E-state index in [1.165, 1.54) is 30.4 Å². The first kappa shape index (κ1) is 16.6. The second-order valence-electron chi connectivity index (χ2n) is 6.48. The number of hydrogen-bond donors (Lipinski definition) is 1. The Morgan fingerprint density at radius 2 is 1.50 bits per heavy atom. The molecule has 0 heterocycles. The minimum atomic E-state index is -0.875. The summed E-state index contributed by atoms with van der Waals surface area (Å²) in [5, 5.41) is 9.13. The van der Waals surface area contributed by atoms with Gasteiger partial charge in [0.05, 0.1) is 12.2 Å². The van der Waals surface area contributed by atoms with E-state index >= 15 is 0 Å². The molecule has 24 heavy (non-hydrogen) atoms. The van der Waals surface area contributed by atoms with Crippen molar-refractivity contribution in [1.82, 2.24) is 0 Å². The quantitative estimate of drug-likeness (QED) is 0.838. The zero-order chi connectivity index (χ0) is 17.0. The largest absolute Gasteiger partial charge is 0.494 e. The van der Waals surface area contributed by atoms with Crippen LogP contribution in [0.15, 0.2) is 48.5 Å². The van der Waals surface area contributed by atoms with Crippen LogP contribution >= 0.6 is 0 Å². The van der Waals surface area contributed by atoms with Crippen LogP contribution in [0.2, 0.25) is 0 Å². The second kappa shape index (κ2) is 7.08. The van der Waals surface area contributed by atoms with Crippen LogP contribution in [-0.4, -0.2) is 17.7 Å². The van der Waals surface area contributed by atoms with E-state index in [-0.39, 0.29) is 5.41 Å². The molecule has 0 aliphatic heterocycles. The van der Waals surface area contributed by atoms with Gasteiger partial charge in [0.2, 0.25) is 0 Å². The average Bonchev–Trinajstić information content (AvgIpc) is 2.63. The van der Waals surface area contributed by atoms with E-state index in [1.807, 2.05) is 31.2 Å². The van der Waals surface area contributed by atoms with Crippen LogP contribution < -0.4 is 4.74 Å². The van der Waals surface area contributed by atoms with Crippen LogP contribution in [0.4, 0.5) is 0 Å². The van der Waals surface area contributed by atoms with Gasteiger partial charge in [-0.25, -0.2) is 4.79 Å². The highest BCUT2D eigenvalue weighted by atomic mass is 16.5. The summed E-state index contributed by atoms with van der Waals surface area (Å²) in [6.07, 6.45) is 5.88. The first-order valence-corrected chi connectivity index (χ1v) is 8.73. The van der Waals surface area contributed by atoms with Gasteiger partial charge in [-0.2, -0.15) is 0 Å². The minimum absolute atomic E-state index is 0.0139. The molecule has 3 nitrogen and oxygen atoms in total. The third-order valence-corrected chi connectivity index (χ3v) is 5.11. The van der Waals surface area contributed by atoms with E-state index in [0.717, 1.165) is 18.6 Å². The number of hydrogen-bond acceptors (Lipinski definition) is 2. The fourth-order valence-electron chi connectivity index (χ4n) is 3.87. The normalized spacial score (nSPS) is 16.5. The van der Waals surface area contributed by atoms with Crippen molar-refractivity contribution in [2.75, 3.05) is 6.61 Å². The highest BCUT2D eigenvalue weighted by Gasteiger charge is 2.35. The number of aromatic carboxylic acids is 1. The molecule has 2 aromatic rings. The SMILES string of the molecule is CCOc1ccc(C2(c3ccc(C(=O)O)cc3)CCCCC2)cc1. The van der Waals surface area contributed by atoms with Gasteiger partial charge in [0, 0.05) is 5.41 Å². The van der Waals surface area contributed by atoms with Gasteiger partial charge >= 0.3 is 5.97 Å². The monoisotopic (exact) mass is 324 g/mol. The van der Waals surface area contributed by atoms with Crippen LogP contribution in [0.25, 0.3) is 0 Å². The molecule has 126 valence electrons. The number of carboxylic acids is 1. The van der Waals surface area contributed by atoms with E-state index in [0.29, 0.717) is 12.2 Å². The minimum Gasteiger partial charge on any atom is -0.494 e. The van der Waals surface area contributed by atoms with Gasteiger partial charge in [0.15, 0.2) is 0 Å². The van der Waals surface area contributed by atoms with Crippen molar-refractivity contribution < 1.29 is 14.6 Å².